The number of benzene rings is 2. The minimum absolute atomic E-state index is 0.133. The van der Waals surface area contributed by atoms with Gasteiger partial charge in [0.15, 0.2) is 12.4 Å². The van der Waals surface area contributed by atoms with E-state index in [-0.39, 0.29) is 18.5 Å². The lowest BCUT2D eigenvalue weighted by Gasteiger charge is -2.11. The summed E-state index contributed by atoms with van der Waals surface area (Å²) in [5.74, 6) is 0.418. The van der Waals surface area contributed by atoms with Gasteiger partial charge in [0, 0.05) is 12.2 Å². The zero-order valence-electron chi connectivity index (χ0n) is 15.5. The summed E-state index contributed by atoms with van der Waals surface area (Å²) < 4.78 is 22.1. The second-order valence-corrected chi connectivity index (χ2v) is 7.17. The lowest BCUT2D eigenvalue weighted by atomic mass is 10.1. The third-order valence-corrected chi connectivity index (χ3v) is 4.98. The Labute approximate surface area is 171 Å². The molecule has 0 saturated carbocycles. The molecule has 2 aromatic carbocycles. The van der Waals surface area contributed by atoms with Crippen molar-refractivity contribution in [1.82, 2.24) is 0 Å². The molecule has 1 unspecified atom stereocenters. The van der Waals surface area contributed by atoms with E-state index in [0.29, 0.717) is 33.7 Å². The smallest absolute Gasteiger partial charge is 0.338 e. The molecule has 1 heterocycles. The molecule has 0 N–H and O–H groups in total. The lowest BCUT2D eigenvalue weighted by molar-refractivity contribution is 0.0474. The first kappa shape index (κ1) is 20.4. The number of methoxy groups -OCH3 is 1. The van der Waals surface area contributed by atoms with E-state index in [2.05, 4.69) is 15.9 Å². The van der Waals surface area contributed by atoms with Crippen molar-refractivity contribution >= 4 is 27.7 Å². The monoisotopic (exact) mass is 448 g/mol. The van der Waals surface area contributed by atoms with Crippen molar-refractivity contribution in [3.8, 4) is 11.5 Å². The van der Waals surface area contributed by atoms with Crippen LogP contribution in [0.25, 0.3) is 0 Å². The van der Waals surface area contributed by atoms with Crippen LogP contribution in [-0.4, -0.2) is 44.8 Å². The fourth-order valence-electron chi connectivity index (χ4n) is 2.79. The van der Waals surface area contributed by atoms with Crippen molar-refractivity contribution in [2.45, 2.75) is 18.9 Å². The number of Topliss-reactive ketones (excluding diaryl/α,β-unsaturated/α-hetero) is 1. The van der Waals surface area contributed by atoms with E-state index in [1.54, 1.807) is 49.6 Å². The lowest BCUT2D eigenvalue weighted by Crippen LogP contribution is -2.16. The average molecular weight is 449 g/mol. The Bertz CT molecular complexity index is 827. The molecule has 28 heavy (non-hydrogen) atoms. The van der Waals surface area contributed by atoms with Gasteiger partial charge >= 0.3 is 5.97 Å². The predicted molar refractivity (Wildman–Crippen MR) is 106 cm³/mol. The van der Waals surface area contributed by atoms with Crippen LogP contribution in [0, 0.1) is 0 Å². The molecular weight excluding hydrogens is 428 g/mol. The van der Waals surface area contributed by atoms with Crippen LogP contribution in [0.15, 0.2) is 46.9 Å². The molecule has 2 aromatic rings. The highest BCUT2D eigenvalue weighted by molar-refractivity contribution is 9.10. The fraction of sp³-hybridized carbons (Fsp3) is 0.333. The molecule has 1 aliphatic rings. The third kappa shape index (κ3) is 5.33. The largest absolute Gasteiger partial charge is 0.496 e. The highest BCUT2D eigenvalue weighted by Crippen LogP contribution is 2.25. The average Bonchev–Trinajstić information content (AvgIpc) is 3.24. The van der Waals surface area contributed by atoms with Gasteiger partial charge in [0.25, 0.3) is 0 Å². The zero-order valence-corrected chi connectivity index (χ0v) is 17.1. The maximum atomic E-state index is 12.2. The van der Waals surface area contributed by atoms with Gasteiger partial charge in [-0.15, -0.1) is 0 Å². The third-order valence-electron chi connectivity index (χ3n) is 4.36. The molecule has 0 aromatic heterocycles. The van der Waals surface area contributed by atoms with Gasteiger partial charge in [0.2, 0.25) is 0 Å². The van der Waals surface area contributed by atoms with Crippen LogP contribution in [0.1, 0.15) is 33.6 Å². The van der Waals surface area contributed by atoms with E-state index in [9.17, 15) is 9.59 Å². The summed E-state index contributed by atoms with van der Waals surface area (Å²) in [6.45, 7) is 0.940. The topological polar surface area (TPSA) is 71.1 Å². The van der Waals surface area contributed by atoms with Crippen LogP contribution in [0.2, 0.25) is 0 Å². The van der Waals surface area contributed by atoms with Crippen molar-refractivity contribution in [3.63, 3.8) is 0 Å². The summed E-state index contributed by atoms with van der Waals surface area (Å²) in [5, 5.41) is 0. The van der Waals surface area contributed by atoms with Crippen LogP contribution >= 0.6 is 15.9 Å². The molecule has 1 fully saturated rings. The number of ketones is 1. The zero-order chi connectivity index (χ0) is 19.9. The van der Waals surface area contributed by atoms with Gasteiger partial charge in [0.05, 0.1) is 23.2 Å². The highest BCUT2D eigenvalue weighted by atomic mass is 79.9. The molecule has 0 bridgehead atoms. The minimum Gasteiger partial charge on any atom is -0.496 e. The van der Waals surface area contributed by atoms with Crippen LogP contribution < -0.4 is 9.47 Å². The molecule has 0 spiro atoms. The van der Waals surface area contributed by atoms with Crippen LogP contribution in [0.4, 0.5) is 0 Å². The second-order valence-electron chi connectivity index (χ2n) is 6.32. The summed E-state index contributed by atoms with van der Waals surface area (Å²) >= 11 is 3.33. The molecular formula is C21H21BrO6. The van der Waals surface area contributed by atoms with Crippen LogP contribution in [0.5, 0.6) is 11.5 Å². The standard InChI is InChI=1S/C21H21BrO6/c1-25-20-9-6-15(11-18(20)22)19(23)13-28-21(24)14-4-7-16(8-5-14)27-12-17-3-2-10-26-17/h4-9,11,17H,2-3,10,12-13H2,1H3. The van der Waals surface area contributed by atoms with Crippen LogP contribution in [0.3, 0.4) is 0 Å². The van der Waals surface area contributed by atoms with Gasteiger partial charge in [-0.2, -0.15) is 0 Å². The number of halogens is 1. The van der Waals surface area contributed by atoms with Crippen molar-refractivity contribution in [2.75, 3.05) is 26.9 Å². The molecule has 0 aliphatic carbocycles. The van der Waals surface area contributed by atoms with E-state index in [1.165, 1.54) is 0 Å². The van der Waals surface area contributed by atoms with Gasteiger partial charge < -0.3 is 18.9 Å². The van der Waals surface area contributed by atoms with Crippen molar-refractivity contribution in [3.05, 3.63) is 58.1 Å². The SMILES string of the molecule is COc1ccc(C(=O)COC(=O)c2ccc(OCC3CCCO3)cc2)cc1Br. The first-order valence-corrected chi connectivity index (χ1v) is 9.74. The predicted octanol–water partition coefficient (Wildman–Crippen LogP) is 4.06. The Morgan fingerprint density at radius 1 is 1.14 bits per heavy atom. The number of esters is 1. The van der Waals surface area contributed by atoms with E-state index >= 15 is 0 Å². The normalized spacial score (nSPS) is 15.9. The quantitative estimate of drug-likeness (QED) is 0.447. The Kier molecular flexibility index (Phi) is 7.06. The summed E-state index contributed by atoms with van der Waals surface area (Å²) in [5.41, 5.74) is 0.784. The van der Waals surface area contributed by atoms with Gasteiger partial charge in [-0.1, -0.05) is 0 Å². The molecule has 7 heteroatoms. The number of hydrogen-bond acceptors (Lipinski definition) is 6. The van der Waals surface area contributed by atoms with Crippen molar-refractivity contribution in [1.29, 1.82) is 0 Å². The summed E-state index contributed by atoms with van der Waals surface area (Å²) in [6, 6.07) is 11.6. The Hall–Kier alpha value is -2.38. The first-order chi connectivity index (χ1) is 13.6. The molecule has 1 atom stereocenters. The van der Waals surface area contributed by atoms with E-state index in [4.69, 9.17) is 18.9 Å². The molecule has 0 amide bonds. The molecule has 1 saturated heterocycles. The van der Waals surface area contributed by atoms with Crippen molar-refractivity contribution in [2.24, 2.45) is 0 Å². The van der Waals surface area contributed by atoms with Gasteiger partial charge in [-0.25, -0.2) is 4.79 Å². The fourth-order valence-corrected chi connectivity index (χ4v) is 3.33. The Morgan fingerprint density at radius 2 is 1.89 bits per heavy atom. The van der Waals surface area contributed by atoms with Gasteiger partial charge in [-0.05, 0) is 71.2 Å². The molecule has 1 aliphatic heterocycles. The summed E-state index contributed by atoms with van der Waals surface area (Å²) in [7, 11) is 1.54. The number of carbonyl (C=O) groups is 2. The minimum atomic E-state index is -0.563. The molecule has 3 rings (SSSR count). The summed E-state index contributed by atoms with van der Waals surface area (Å²) in [4.78, 5) is 24.4. The number of rotatable bonds is 8. The van der Waals surface area contributed by atoms with E-state index < -0.39 is 5.97 Å². The van der Waals surface area contributed by atoms with Gasteiger partial charge in [0.1, 0.15) is 18.1 Å². The van der Waals surface area contributed by atoms with Gasteiger partial charge in [-0.3, -0.25) is 4.79 Å². The Morgan fingerprint density at radius 3 is 2.54 bits per heavy atom. The molecule has 6 nitrogen and oxygen atoms in total. The van der Waals surface area contributed by atoms with Crippen LogP contribution in [-0.2, 0) is 9.47 Å². The van der Waals surface area contributed by atoms with E-state index in [1.807, 2.05) is 0 Å². The number of ether oxygens (including phenoxy) is 4. The number of carbonyl (C=O) groups excluding carboxylic acids is 2. The van der Waals surface area contributed by atoms with Crippen molar-refractivity contribution < 1.29 is 28.5 Å². The maximum Gasteiger partial charge on any atom is 0.338 e. The summed E-state index contributed by atoms with van der Waals surface area (Å²) in [6.07, 6.45) is 2.20. The molecule has 148 valence electrons. The maximum absolute atomic E-state index is 12.2. The highest BCUT2D eigenvalue weighted by Gasteiger charge is 2.16. The second kappa shape index (κ2) is 9.71. The Balaban J connectivity index is 1.50. The number of hydrogen-bond donors (Lipinski definition) is 0. The molecule has 0 radical (unpaired) electrons. The van der Waals surface area contributed by atoms with E-state index in [0.717, 1.165) is 19.4 Å². The first-order valence-electron chi connectivity index (χ1n) is 8.95.